The Morgan fingerprint density at radius 1 is 1.17 bits per heavy atom. The van der Waals surface area contributed by atoms with Crippen LogP contribution in [0.2, 0.25) is 0 Å². The molecule has 0 radical (unpaired) electrons. The predicted octanol–water partition coefficient (Wildman–Crippen LogP) is 3.87. The minimum absolute atomic E-state index is 0.465. The van der Waals surface area contributed by atoms with E-state index in [4.69, 9.17) is 0 Å². The zero-order valence-corrected chi connectivity index (χ0v) is 13.4. The molecule has 24 heavy (non-hydrogen) atoms. The Morgan fingerprint density at radius 3 is 2.71 bits per heavy atom. The first-order valence-electron chi connectivity index (χ1n) is 7.47. The third kappa shape index (κ3) is 2.24. The highest BCUT2D eigenvalue weighted by Crippen LogP contribution is 2.44. The van der Waals surface area contributed by atoms with E-state index in [1.54, 1.807) is 12.4 Å². The van der Waals surface area contributed by atoms with Gasteiger partial charge in [-0.25, -0.2) is 0 Å². The smallest absolute Gasteiger partial charge is 0.317 e. The topological polar surface area (TPSA) is 74.0 Å². The fraction of sp³-hybridized carbons (Fsp3) is 0.105. The average Bonchev–Trinajstić information content (AvgIpc) is 3.05. The number of aliphatic carboxylic acids is 1. The van der Waals surface area contributed by atoms with Crippen molar-refractivity contribution in [3.05, 3.63) is 59.9 Å². The van der Waals surface area contributed by atoms with Crippen molar-refractivity contribution in [1.29, 1.82) is 5.26 Å². The molecule has 1 aliphatic heterocycles. The molecule has 2 heterocycles. The second-order valence-corrected chi connectivity index (χ2v) is 6.86. The third-order valence-corrected chi connectivity index (χ3v) is 5.62. The number of nitriles is 1. The van der Waals surface area contributed by atoms with Gasteiger partial charge in [-0.15, -0.1) is 11.8 Å². The van der Waals surface area contributed by atoms with Crippen LogP contribution in [0.1, 0.15) is 11.1 Å². The largest absolute Gasteiger partial charge is 0.480 e. The maximum Gasteiger partial charge on any atom is 0.317 e. The molecule has 0 saturated carbocycles. The zero-order chi connectivity index (χ0) is 16.7. The lowest BCUT2D eigenvalue weighted by Crippen LogP contribution is -2.14. The van der Waals surface area contributed by atoms with Crippen molar-refractivity contribution in [2.45, 2.75) is 16.6 Å². The Balaban J connectivity index is 1.94. The number of aromatic nitrogens is 1. The quantitative estimate of drug-likeness (QED) is 0.771. The Kier molecular flexibility index (Phi) is 3.47. The highest BCUT2D eigenvalue weighted by molar-refractivity contribution is 8.01. The van der Waals surface area contributed by atoms with Crippen LogP contribution in [0.15, 0.2) is 53.7 Å². The van der Waals surface area contributed by atoms with Crippen LogP contribution < -0.4 is 0 Å². The number of hydrogen-bond donors (Lipinski definition) is 1. The minimum atomic E-state index is -0.799. The minimum Gasteiger partial charge on any atom is -0.480 e. The van der Waals surface area contributed by atoms with Gasteiger partial charge in [-0.05, 0) is 29.0 Å². The third-order valence-electron chi connectivity index (χ3n) is 4.25. The first-order valence-corrected chi connectivity index (χ1v) is 8.35. The fourth-order valence-corrected chi connectivity index (χ4v) is 4.35. The number of pyridine rings is 1. The van der Waals surface area contributed by atoms with E-state index in [0.717, 1.165) is 32.4 Å². The maximum absolute atomic E-state index is 11.3. The number of carboxylic acid groups (broad SMARTS) is 1. The number of rotatable bonds is 2. The van der Waals surface area contributed by atoms with Gasteiger partial charge in [0.1, 0.15) is 5.25 Å². The summed E-state index contributed by atoms with van der Waals surface area (Å²) in [6.07, 6.45) is 4.02. The zero-order valence-electron chi connectivity index (χ0n) is 12.6. The van der Waals surface area contributed by atoms with E-state index >= 15 is 0 Å². The van der Waals surface area contributed by atoms with Gasteiger partial charge in [0.15, 0.2) is 0 Å². The van der Waals surface area contributed by atoms with E-state index in [2.05, 4.69) is 11.1 Å². The Hall–Kier alpha value is -2.84. The monoisotopic (exact) mass is 332 g/mol. The molecule has 4 rings (SSSR count). The second kappa shape index (κ2) is 5.66. The highest BCUT2D eigenvalue weighted by Gasteiger charge is 2.30. The summed E-state index contributed by atoms with van der Waals surface area (Å²) in [7, 11) is 0. The molecule has 0 aliphatic carbocycles. The van der Waals surface area contributed by atoms with Gasteiger partial charge in [0.05, 0.1) is 11.6 Å². The van der Waals surface area contributed by atoms with E-state index < -0.39 is 11.2 Å². The molecule has 1 unspecified atom stereocenters. The van der Waals surface area contributed by atoms with Crippen LogP contribution in [0.25, 0.3) is 21.9 Å². The number of nitrogens with zero attached hydrogens (tertiary/aromatic N) is 2. The van der Waals surface area contributed by atoms with Crippen LogP contribution >= 0.6 is 11.8 Å². The van der Waals surface area contributed by atoms with Gasteiger partial charge in [0.2, 0.25) is 0 Å². The molecule has 0 spiro atoms. The lowest BCUT2D eigenvalue weighted by atomic mass is 9.95. The highest BCUT2D eigenvalue weighted by atomic mass is 32.2. The van der Waals surface area contributed by atoms with Gasteiger partial charge < -0.3 is 5.11 Å². The lowest BCUT2D eigenvalue weighted by Gasteiger charge is -2.11. The molecule has 4 nitrogen and oxygen atoms in total. The van der Waals surface area contributed by atoms with Crippen LogP contribution in [-0.2, 0) is 11.2 Å². The fourth-order valence-electron chi connectivity index (χ4n) is 3.12. The van der Waals surface area contributed by atoms with Crippen molar-refractivity contribution < 1.29 is 9.90 Å². The molecule has 2 aromatic carbocycles. The molecular formula is C19H12N2O2S. The van der Waals surface area contributed by atoms with E-state index in [0.29, 0.717) is 12.0 Å². The first kappa shape index (κ1) is 14.7. The summed E-state index contributed by atoms with van der Waals surface area (Å²) >= 11 is 1.38. The van der Waals surface area contributed by atoms with E-state index in [1.165, 1.54) is 11.8 Å². The number of thioether (sulfide) groups is 1. The Bertz CT molecular complexity index is 1020. The molecule has 0 amide bonds. The molecular weight excluding hydrogens is 320 g/mol. The maximum atomic E-state index is 11.3. The summed E-state index contributed by atoms with van der Waals surface area (Å²) in [4.78, 5) is 16.6. The Morgan fingerprint density at radius 2 is 1.96 bits per heavy atom. The van der Waals surface area contributed by atoms with Crippen LogP contribution in [0.4, 0.5) is 0 Å². The van der Waals surface area contributed by atoms with Gasteiger partial charge in [0.25, 0.3) is 0 Å². The molecule has 3 aromatic rings. The molecule has 0 bridgehead atoms. The SMILES string of the molecule is N#Cc1ccc(-c2cncc3c2SC(C(=O)O)C3)c2ccccc12. The number of fused-ring (bicyclic) bond motifs is 2. The molecule has 116 valence electrons. The van der Waals surface area contributed by atoms with Gasteiger partial charge in [-0.1, -0.05) is 30.3 Å². The molecule has 1 N–H and O–H groups in total. The van der Waals surface area contributed by atoms with Crippen molar-refractivity contribution in [3.8, 4) is 17.2 Å². The van der Waals surface area contributed by atoms with Crippen LogP contribution in [0.3, 0.4) is 0 Å². The first-order chi connectivity index (χ1) is 11.7. The summed E-state index contributed by atoms with van der Waals surface area (Å²) in [5, 5.41) is 20.0. The molecule has 1 atom stereocenters. The lowest BCUT2D eigenvalue weighted by molar-refractivity contribution is -0.136. The van der Waals surface area contributed by atoms with Crippen molar-refractivity contribution in [1.82, 2.24) is 4.98 Å². The van der Waals surface area contributed by atoms with Crippen LogP contribution in [0, 0.1) is 11.3 Å². The number of carbonyl (C=O) groups is 1. The van der Waals surface area contributed by atoms with Gasteiger partial charge in [0, 0.05) is 28.2 Å². The van der Waals surface area contributed by atoms with Crippen molar-refractivity contribution >= 4 is 28.5 Å². The average molecular weight is 332 g/mol. The standard InChI is InChI=1S/C19H12N2O2S/c20-8-11-5-6-15(14-4-2-1-3-13(11)14)16-10-21-9-12-7-17(19(22)23)24-18(12)16/h1-6,9-10,17H,7H2,(H,22,23). The molecule has 1 aliphatic rings. The van der Waals surface area contributed by atoms with E-state index in [9.17, 15) is 15.2 Å². The van der Waals surface area contributed by atoms with E-state index in [1.807, 2.05) is 36.4 Å². The molecule has 1 aromatic heterocycles. The predicted molar refractivity (Wildman–Crippen MR) is 92.9 cm³/mol. The number of benzene rings is 2. The van der Waals surface area contributed by atoms with Crippen molar-refractivity contribution in [2.75, 3.05) is 0 Å². The van der Waals surface area contributed by atoms with Crippen molar-refractivity contribution in [3.63, 3.8) is 0 Å². The summed E-state index contributed by atoms with van der Waals surface area (Å²) in [6, 6.07) is 13.7. The van der Waals surface area contributed by atoms with Crippen molar-refractivity contribution in [2.24, 2.45) is 0 Å². The van der Waals surface area contributed by atoms with Gasteiger partial charge in [-0.3, -0.25) is 9.78 Å². The van der Waals surface area contributed by atoms with E-state index in [-0.39, 0.29) is 0 Å². The summed E-state index contributed by atoms with van der Waals surface area (Å²) in [5.74, 6) is -0.799. The van der Waals surface area contributed by atoms with Crippen LogP contribution in [-0.4, -0.2) is 21.3 Å². The number of hydrogen-bond acceptors (Lipinski definition) is 4. The van der Waals surface area contributed by atoms with Crippen LogP contribution in [0.5, 0.6) is 0 Å². The molecule has 0 saturated heterocycles. The second-order valence-electron chi connectivity index (χ2n) is 5.64. The summed E-state index contributed by atoms with van der Waals surface area (Å²) in [5.41, 5.74) is 3.51. The normalized spacial score (nSPS) is 15.9. The summed E-state index contributed by atoms with van der Waals surface area (Å²) < 4.78 is 0. The Labute approximate surface area is 142 Å². The van der Waals surface area contributed by atoms with Gasteiger partial charge in [-0.2, -0.15) is 5.26 Å². The summed E-state index contributed by atoms with van der Waals surface area (Å²) in [6.45, 7) is 0. The molecule has 5 heteroatoms. The number of carboxylic acids is 1. The molecule has 0 fully saturated rings. The van der Waals surface area contributed by atoms with Gasteiger partial charge >= 0.3 is 5.97 Å².